The Kier molecular flexibility index (Phi) is 3.05. The van der Waals surface area contributed by atoms with Gasteiger partial charge in [0.1, 0.15) is 12.0 Å². The molecule has 2 aromatic heterocycles. The molecule has 8 nitrogen and oxygen atoms in total. The summed E-state index contributed by atoms with van der Waals surface area (Å²) in [6.45, 7) is 3.42. The Morgan fingerprint density at radius 1 is 1.30 bits per heavy atom. The third-order valence-electron chi connectivity index (χ3n) is 3.35. The van der Waals surface area contributed by atoms with Gasteiger partial charge in [-0.25, -0.2) is 9.97 Å². The molecule has 0 aromatic carbocycles. The Morgan fingerprint density at radius 3 is 2.65 bits per heavy atom. The first-order valence-corrected chi connectivity index (χ1v) is 6.43. The molecule has 0 saturated carbocycles. The fourth-order valence-corrected chi connectivity index (χ4v) is 2.37. The lowest BCUT2D eigenvalue weighted by atomic mass is 10.3. The number of hydrogen-bond acceptors (Lipinski definition) is 6. The molecule has 8 heteroatoms. The van der Waals surface area contributed by atoms with Crippen LogP contribution in [-0.4, -0.2) is 37.5 Å². The van der Waals surface area contributed by atoms with Crippen LogP contribution in [0.3, 0.4) is 0 Å². The first-order valence-electron chi connectivity index (χ1n) is 6.43. The van der Waals surface area contributed by atoms with E-state index in [2.05, 4.69) is 19.9 Å². The van der Waals surface area contributed by atoms with E-state index in [1.807, 2.05) is 0 Å². The average molecular weight is 274 g/mol. The smallest absolute Gasteiger partial charge is 0.333 e. The topological polar surface area (TPSA) is 90.0 Å². The Morgan fingerprint density at radius 2 is 2.05 bits per heavy atom. The van der Waals surface area contributed by atoms with Crippen molar-refractivity contribution in [3.05, 3.63) is 34.5 Å². The molecule has 0 N–H and O–H groups in total. The summed E-state index contributed by atoms with van der Waals surface area (Å²) in [5, 5.41) is 11.2. The molecule has 1 fully saturated rings. The lowest BCUT2D eigenvalue weighted by molar-refractivity contribution is -0.385. The molecule has 0 atom stereocenters. The summed E-state index contributed by atoms with van der Waals surface area (Å²) in [6.07, 6.45) is 6.90. The second-order valence-corrected chi connectivity index (χ2v) is 4.70. The molecule has 0 aliphatic carbocycles. The molecule has 0 amide bonds. The van der Waals surface area contributed by atoms with Crippen LogP contribution in [0.2, 0.25) is 0 Å². The summed E-state index contributed by atoms with van der Waals surface area (Å²) >= 11 is 0. The Labute approximate surface area is 115 Å². The first kappa shape index (κ1) is 12.5. The van der Waals surface area contributed by atoms with Crippen LogP contribution < -0.4 is 4.90 Å². The van der Waals surface area contributed by atoms with Gasteiger partial charge in [0.15, 0.2) is 0 Å². The van der Waals surface area contributed by atoms with Gasteiger partial charge in [-0.1, -0.05) is 0 Å². The Balaban J connectivity index is 2.15. The number of aryl methyl sites for hydroxylation is 1. The van der Waals surface area contributed by atoms with Crippen LogP contribution in [0.25, 0.3) is 5.82 Å². The van der Waals surface area contributed by atoms with Crippen LogP contribution >= 0.6 is 0 Å². The van der Waals surface area contributed by atoms with Gasteiger partial charge in [-0.05, 0) is 19.8 Å². The SMILES string of the molecule is Cc1nc(N2CCCC2)nc(-n2ccnc2)c1[N+](=O)[O-]. The highest BCUT2D eigenvalue weighted by Gasteiger charge is 2.26. The Hall–Kier alpha value is -2.51. The number of nitro groups is 1. The molecular weight excluding hydrogens is 260 g/mol. The molecule has 0 unspecified atom stereocenters. The molecular formula is C12H14N6O2. The predicted molar refractivity (Wildman–Crippen MR) is 72.0 cm³/mol. The van der Waals surface area contributed by atoms with E-state index >= 15 is 0 Å². The van der Waals surface area contributed by atoms with Crippen molar-refractivity contribution in [2.24, 2.45) is 0 Å². The van der Waals surface area contributed by atoms with Crippen LogP contribution in [-0.2, 0) is 0 Å². The molecule has 0 bridgehead atoms. The van der Waals surface area contributed by atoms with Gasteiger partial charge in [0.25, 0.3) is 0 Å². The maximum atomic E-state index is 11.2. The summed E-state index contributed by atoms with van der Waals surface area (Å²) < 4.78 is 1.55. The van der Waals surface area contributed by atoms with Gasteiger partial charge in [0, 0.05) is 25.5 Å². The highest BCUT2D eigenvalue weighted by atomic mass is 16.6. The van der Waals surface area contributed by atoms with Gasteiger partial charge in [-0.2, -0.15) is 4.98 Å². The highest BCUT2D eigenvalue weighted by molar-refractivity contribution is 5.54. The van der Waals surface area contributed by atoms with E-state index in [9.17, 15) is 10.1 Å². The average Bonchev–Trinajstić information content (AvgIpc) is 3.11. The summed E-state index contributed by atoms with van der Waals surface area (Å²) in [7, 11) is 0. The van der Waals surface area contributed by atoms with Crippen LogP contribution in [0.4, 0.5) is 11.6 Å². The molecule has 2 aromatic rings. The number of imidazole rings is 1. The van der Waals surface area contributed by atoms with E-state index in [0.29, 0.717) is 11.6 Å². The van der Waals surface area contributed by atoms with Crippen molar-refractivity contribution in [1.82, 2.24) is 19.5 Å². The maximum absolute atomic E-state index is 11.2. The zero-order valence-corrected chi connectivity index (χ0v) is 11.1. The Bertz CT molecular complexity index is 634. The van der Waals surface area contributed by atoms with Gasteiger partial charge in [0.05, 0.1) is 4.92 Å². The molecule has 104 valence electrons. The van der Waals surface area contributed by atoms with E-state index in [1.54, 1.807) is 23.9 Å². The van der Waals surface area contributed by atoms with Crippen LogP contribution in [0, 0.1) is 17.0 Å². The standard InChI is InChI=1S/C12H14N6O2/c1-9-10(18(19)20)11(17-7-4-13-8-17)15-12(14-9)16-5-2-3-6-16/h4,7-8H,2-3,5-6H2,1H3. The van der Waals surface area contributed by atoms with E-state index in [4.69, 9.17) is 0 Å². The van der Waals surface area contributed by atoms with E-state index < -0.39 is 4.92 Å². The van der Waals surface area contributed by atoms with Crippen molar-refractivity contribution < 1.29 is 4.92 Å². The van der Waals surface area contributed by atoms with Gasteiger partial charge in [-0.3, -0.25) is 14.7 Å². The third kappa shape index (κ3) is 2.09. The molecule has 1 saturated heterocycles. The number of aromatic nitrogens is 4. The van der Waals surface area contributed by atoms with Gasteiger partial charge < -0.3 is 4.90 Å². The number of anilines is 1. The van der Waals surface area contributed by atoms with E-state index in [-0.39, 0.29) is 11.5 Å². The van der Waals surface area contributed by atoms with Crippen molar-refractivity contribution in [2.45, 2.75) is 19.8 Å². The van der Waals surface area contributed by atoms with E-state index in [0.717, 1.165) is 25.9 Å². The van der Waals surface area contributed by atoms with Crippen LogP contribution in [0.15, 0.2) is 18.7 Å². The second kappa shape index (κ2) is 4.87. The van der Waals surface area contributed by atoms with Crippen molar-refractivity contribution in [3.63, 3.8) is 0 Å². The van der Waals surface area contributed by atoms with Gasteiger partial charge in [0.2, 0.25) is 11.8 Å². The summed E-state index contributed by atoms with van der Waals surface area (Å²) in [4.78, 5) is 25.4. The molecule has 20 heavy (non-hydrogen) atoms. The molecule has 1 aliphatic rings. The number of rotatable bonds is 3. The minimum atomic E-state index is -0.446. The largest absolute Gasteiger partial charge is 0.341 e. The molecule has 3 rings (SSSR count). The quantitative estimate of drug-likeness (QED) is 0.622. The maximum Gasteiger partial charge on any atom is 0.333 e. The monoisotopic (exact) mass is 274 g/mol. The zero-order valence-electron chi connectivity index (χ0n) is 11.1. The minimum absolute atomic E-state index is 0.0778. The van der Waals surface area contributed by atoms with Crippen molar-refractivity contribution in [3.8, 4) is 5.82 Å². The predicted octanol–water partition coefficient (Wildman–Crippen LogP) is 1.48. The summed E-state index contributed by atoms with van der Waals surface area (Å²) in [5.74, 6) is 0.816. The lowest BCUT2D eigenvalue weighted by Crippen LogP contribution is -2.22. The minimum Gasteiger partial charge on any atom is -0.341 e. The molecule has 1 aliphatic heterocycles. The van der Waals surface area contributed by atoms with Crippen molar-refractivity contribution >= 4 is 11.6 Å². The van der Waals surface area contributed by atoms with Crippen LogP contribution in [0.5, 0.6) is 0 Å². The van der Waals surface area contributed by atoms with Crippen LogP contribution in [0.1, 0.15) is 18.5 Å². The fourth-order valence-electron chi connectivity index (χ4n) is 2.37. The van der Waals surface area contributed by atoms with E-state index in [1.165, 1.54) is 6.33 Å². The van der Waals surface area contributed by atoms with Gasteiger partial charge in [-0.15, -0.1) is 0 Å². The first-order chi connectivity index (χ1) is 9.66. The number of hydrogen-bond donors (Lipinski definition) is 0. The summed E-state index contributed by atoms with van der Waals surface area (Å²) in [6, 6.07) is 0. The lowest BCUT2D eigenvalue weighted by Gasteiger charge is -2.16. The van der Waals surface area contributed by atoms with Gasteiger partial charge >= 0.3 is 5.69 Å². The molecule has 3 heterocycles. The summed E-state index contributed by atoms with van der Waals surface area (Å²) in [5.41, 5.74) is 0.293. The van der Waals surface area contributed by atoms with Crippen molar-refractivity contribution in [2.75, 3.05) is 18.0 Å². The fraction of sp³-hybridized carbons (Fsp3) is 0.417. The molecule has 0 radical (unpaired) electrons. The van der Waals surface area contributed by atoms with Crippen molar-refractivity contribution in [1.29, 1.82) is 0 Å². The second-order valence-electron chi connectivity index (χ2n) is 4.70. The molecule has 0 spiro atoms. The third-order valence-corrected chi connectivity index (χ3v) is 3.35. The zero-order chi connectivity index (χ0) is 14.1. The highest BCUT2D eigenvalue weighted by Crippen LogP contribution is 2.27. The number of nitrogens with zero attached hydrogens (tertiary/aromatic N) is 6. The normalized spacial score (nSPS) is 14.8.